The number of aromatic nitrogens is 1. The van der Waals surface area contributed by atoms with Crippen molar-refractivity contribution in [3.63, 3.8) is 0 Å². The molecule has 0 spiro atoms. The molecule has 0 N–H and O–H groups in total. The van der Waals surface area contributed by atoms with Gasteiger partial charge in [-0.2, -0.15) is 0 Å². The topological polar surface area (TPSA) is 12.9 Å². The van der Waals surface area contributed by atoms with E-state index in [-0.39, 0.29) is 0 Å². The fourth-order valence-corrected chi connectivity index (χ4v) is 6.01. The predicted molar refractivity (Wildman–Crippen MR) is 159 cm³/mol. The first-order valence-corrected chi connectivity index (χ1v) is 12.9. The van der Waals surface area contributed by atoms with Crippen molar-refractivity contribution < 1.29 is 0 Å². The van der Waals surface area contributed by atoms with E-state index in [1.165, 1.54) is 76.6 Å². The van der Waals surface area contributed by atoms with Gasteiger partial charge >= 0.3 is 0 Å². The molecule has 1 nitrogen and oxygen atoms in total. The van der Waals surface area contributed by atoms with Gasteiger partial charge in [0.25, 0.3) is 0 Å². The summed E-state index contributed by atoms with van der Waals surface area (Å²) in [6, 6.07) is 37.5. The van der Waals surface area contributed by atoms with Crippen LogP contribution in [0.1, 0.15) is 16.7 Å². The summed E-state index contributed by atoms with van der Waals surface area (Å²) in [6.07, 6.45) is 2.10. The van der Waals surface area contributed by atoms with E-state index >= 15 is 0 Å². The van der Waals surface area contributed by atoms with Crippen molar-refractivity contribution >= 4 is 43.2 Å². The standard InChI is InChI=1S/C36H27N/c1-22-19-26(20-23(2)24(22)3)34-29-14-6-7-15-30(29)35(28-17-10-12-25-11-4-5-13-27(25)28)36-31-16-8-9-18-33(31)37-21-32(34)36/h4-21H,1-3H3. The molecule has 37 heavy (non-hydrogen) atoms. The number of rotatable bonds is 2. The lowest BCUT2D eigenvalue weighted by atomic mass is 9.83. The molecule has 0 saturated heterocycles. The number of hydrogen-bond donors (Lipinski definition) is 0. The second-order valence-corrected chi connectivity index (χ2v) is 10.1. The second-order valence-electron chi connectivity index (χ2n) is 10.1. The van der Waals surface area contributed by atoms with Crippen LogP contribution in [0.5, 0.6) is 0 Å². The maximum Gasteiger partial charge on any atom is 0.0708 e. The van der Waals surface area contributed by atoms with Crippen molar-refractivity contribution in [1.82, 2.24) is 4.98 Å². The summed E-state index contributed by atoms with van der Waals surface area (Å²) in [4.78, 5) is 4.96. The minimum absolute atomic E-state index is 1.02. The van der Waals surface area contributed by atoms with Gasteiger partial charge in [-0.15, -0.1) is 0 Å². The highest BCUT2D eigenvalue weighted by Crippen LogP contribution is 2.47. The third kappa shape index (κ3) is 3.28. The minimum Gasteiger partial charge on any atom is -0.256 e. The van der Waals surface area contributed by atoms with Crippen molar-refractivity contribution in [2.45, 2.75) is 20.8 Å². The van der Waals surface area contributed by atoms with Crippen LogP contribution in [0.15, 0.2) is 109 Å². The summed E-state index contributed by atoms with van der Waals surface area (Å²) in [5, 5.41) is 8.72. The van der Waals surface area contributed by atoms with E-state index in [2.05, 4.69) is 130 Å². The number of hydrogen-bond acceptors (Lipinski definition) is 1. The number of fused-ring (bicyclic) bond motifs is 5. The van der Waals surface area contributed by atoms with Gasteiger partial charge in [-0.25, -0.2) is 0 Å². The Bertz CT molecular complexity index is 1980. The third-order valence-corrected chi connectivity index (χ3v) is 8.04. The first-order valence-electron chi connectivity index (χ1n) is 12.9. The normalized spacial score (nSPS) is 11.6. The average molecular weight is 474 g/mol. The van der Waals surface area contributed by atoms with E-state index in [4.69, 9.17) is 4.98 Å². The lowest BCUT2D eigenvalue weighted by Gasteiger charge is -2.20. The van der Waals surface area contributed by atoms with Crippen molar-refractivity contribution in [3.05, 3.63) is 126 Å². The van der Waals surface area contributed by atoms with Crippen LogP contribution in [0.2, 0.25) is 0 Å². The molecule has 0 aliphatic heterocycles. The van der Waals surface area contributed by atoms with Gasteiger partial charge < -0.3 is 0 Å². The molecule has 0 radical (unpaired) electrons. The van der Waals surface area contributed by atoms with Crippen LogP contribution in [0.3, 0.4) is 0 Å². The first-order chi connectivity index (χ1) is 18.1. The van der Waals surface area contributed by atoms with Crippen molar-refractivity contribution in [3.8, 4) is 22.3 Å². The molecule has 1 heteroatoms. The van der Waals surface area contributed by atoms with Crippen molar-refractivity contribution in [2.24, 2.45) is 0 Å². The molecule has 7 aromatic rings. The second kappa shape index (κ2) is 8.28. The Balaban J connectivity index is 1.77. The highest BCUT2D eigenvalue weighted by atomic mass is 14.6. The summed E-state index contributed by atoms with van der Waals surface area (Å²) in [7, 11) is 0. The van der Waals surface area contributed by atoms with E-state index in [1.54, 1.807) is 0 Å². The van der Waals surface area contributed by atoms with Crippen LogP contribution in [-0.2, 0) is 0 Å². The van der Waals surface area contributed by atoms with E-state index in [0.717, 1.165) is 5.52 Å². The molecule has 0 aliphatic carbocycles. The maximum absolute atomic E-state index is 4.96. The zero-order chi connectivity index (χ0) is 25.1. The molecular weight excluding hydrogens is 446 g/mol. The highest BCUT2D eigenvalue weighted by molar-refractivity contribution is 6.28. The van der Waals surface area contributed by atoms with Gasteiger partial charge in [-0.1, -0.05) is 97.1 Å². The Kier molecular flexibility index (Phi) is 4.87. The molecule has 0 amide bonds. The summed E-state index contributed by atoms with van der Waals surface area (Å²) in [5.74, 6) is 0. The summed E-state index contributed by atoms with van der Waals surface area (Å²) in [5.41, 5.74) is 10.1. The fourth-order valence-electron chi connectivity index (χ4n) is 6.01. The summed E-state index contributed by atoms with van der Waals surface area (Å²) in [6.45, 7) is 6.64. The molecule has 0 fully saturated rings. The molecule has 0 aliphatic rings. The average Bonchev–Trinajstić information content (AvgIpc) is 2.94. The van der Waals surface area contributed by atoms with Gasteiger partial charge in [0, 0.05) is 22.4 Å². The SMILES string of the molecule is Cc1cc(-c2c3ccccc3c(-c3cccc4ccccc34)c3c2cnc2ccccc23)cc(C)c1C. The summed E-state index contributed by atoms with van der Waals surface area (Å²) >= 11 is 0. The number of aryl methyl sites for hydroxylation is 2. The Hall–Kier alpha value is -4.49. The number of benzene rings is 6. The molecule has 1 heterocycles. The predicted octanol–water partition coefficient (Wildman–Crippen LogP) is 9.95. The van der Waals surface area contributed by atoms with Gasteiger partial charge in [-0.3, -0.25) is 4.98 Å². The smallest absolute Gasteiger partial charge is 0.0708 e. The van der Waals surface area contributed by atoms with Gasteiger partial charge in [0.2, 0.25) is 0 Å². The Morgan fingerprint density at radius 1 is 0.514 bits per heavy atom. The molecular formula is C36H27N. The molecule has 0 atom stereocenters. The van der Waals surface area contributed by atoms with Crippen LogP contribution in [0, 0.1) is 20.8 Å². The van der Waals surface area contributed by atoms with Crippen LogP contribution in [0.4, 0.5) is 0 Å². The Morgan fingerprint density at radius 2 is 1.11 bits per heavy atom. The molecule has 6 aromatic carbocycles. The van der Waals surface area contributed by atoms with E-state index in [0.29, 0.717) is 0 Å². The Morgan fingerprint density at radius 3 is 1.86 bits per heavy atom. The summed E-state index contributed by atoms with van der Waals surface area (Å²) < 4.78 is 0. The molecule has 1 aromatic heterocycles. The van der Waals surface area contributed by atoms with Gasteiger partial charge in [-0.05, 0) is 87.3 Å². The molecule has 176 valence electrons. The lowest BCUT2D eigenvalue weighted by Crippen LogP contribution is -1.95. The molecule has 7 rings (SSSR count). The monoisotopic (exact) mass is 473 g/mol. The maximum atomic E-state index is 4.96. The van der Waals surface area contributed by atoms with Crippen LogP contribution in [-0.4, -0.2) is 4.98 Å². The van der Waals surface area contributed by atoms with E-state index < -0.39 is 0 Å². The number of nitrogens with zero attached hydrogens (tertiary/aromatic N) is 1. The largest absolute Gasteiger partial charge is 0.256 e. The fraction of sp³-hybridized carbons (Fsp3) is 0.0833. The van der Waals surface area contributed by atoms with Crippen LogP contribution < -0.4 is 0 Å². The molecule has 0 saturated carbocycles. The number of pyridine rings is 1. The third-order valence-electron chi connectivity index (χ3n) is 8.04. The zero-order valence-electron chi connectivity index (χ0n) is 21.3. The highest BCUT2D eigenvalue weighted by Gasteiger charge is 2.20. The van der Waals surface area contributed by atoms with Crippen molar-refractivity contribution in [1.29, 1.82) is 0 Å². The Labute approximate surface area is 217 Å². The van der Waals surface area contributed by atoms with Crippen LogP contribution >= 0.6 is 0 Å². The molecule has 0 bridgehead atoms. The van der Waals surface area contributed by atoms with Crippen LogP contribution in [0.25, 0.3) is 65.5 Å². The number of para-hydroxylation sites is 1. The van der Waals surface area contributed by atoms with Gasteiger partial charge in [0.05, 0.1) is 5.52 Å². The first kappa shape index (κ1) is 21.8. The quantitative estimate of drug-likeness (QED) is 0.180. The minimum atomic E-state index is 1.02. The van der Waals surface area contributed by atoms with E-state index in [1.807, 2.05) is 0 Å². The zero-order valence-corrected chi connectivity index (χ0v) is 21.3. The van der Waals surface area contributed by atoms with Gasteiger partial charge in [0.15, 0.2) is 0 Å². The molecule has 0 unspecified atom stereocenters. The lowest BCUT2D eigenvalue weighted by molar-refractivity contribution is 1.27. The van der Waals surface area contributed by atoms with Gasteiger partial charge in [0.1, 0.15) is 0 Å². The van der Waals surface area contributed by atoms with Crippen molar-refractivity contribution in [2.75, 3.05) is 0 Å². The van der Waals surface area contributed by atoms with E-state index in [9.17, 15) is 0 Å².